The summed E-state index contributed by atoms with van der Waals surface area (Å²) in [6.07, 6.45) is 0.909. The van der Waals surface area contributed by atoms with Gasteiger partial charge in [-0.2, -0.15) is 0 Å². The molecule has 2 rings (SSSR count). The Hall–Kier alpha value is -1.30. The van der Waals surface area contributed by atoms with E-state index in [4.69, 9.17) is 4.74 Å². The molecule has 0 unspecified atom stereocenters. The molecule has 0 saturated carbocycles. The van der Waals surface area contributed by atoms with E-state index in [0.717, 1.165) is 36.1 Å². The van der Waals surface area contributed by atoms with Crippen LogP contribution in [0, 0.1) is 13.8 Å². The molecule has 1 aromatic carbocycles. The summed E-state index contributed by atoms with van der Waals surface area (Å²) in [6, 6.07) is 6.49. The molecule has 2 aromatic rings. The number of benzene rings is 1. The van der Waals surface area contributed by atoms with Crippen LogP contribution in [0.25, 0.3) is 10.6 Å². The van der Waals surface area contributed by atoms with E-state index in [0.29, 0.717) is 0 Å². The van der Waals surface area contributed by atoms with Gasteiger partial charge in [0.05, 0.1) is 6.61 Å². The lowest BCUT2D eigenvalue weighted by Crippen LogP contribution is -2.21. The normalized spacial score (nSPS) is 10.9. The molecule has 0 saturated heterocycles. The second kappa shape index (κ2) is 7.47. The molecular formula is C15H21N3OS. The molecule has 0 amide bonds. The van der Waals surface area contributed by atoms with Crippen molar-refractivity contribution >= 4 is 11.3 Å². The number of aromatic nitrogens is 2. The predicted molar refractivity (Wildman–Crippen MR) is 83.3 cm³/mol. The monoisotopic (exact) mass is 291 g/mol. The van der Waals surface area contributed by atoms with E-state index in [9.17, 15) is 0 Å². The summed E-state index contributed by atoms with van der Waals surface area (Å²) >= 11 is 1.67. The standard InChI is InChI=1S/C15H21N3OS/c1-11-8-12(2)10-13(9-11)15-18-17-14(20-15)4-5-16-6-7-19-3/h8-10,16H,4-7H2,1-3H3. The first-order valence-electron chi connectivity index (χ1n) is 6.80. The van der Waals surface area contributed by atoms with Crippen molar-refractivity contribution in [2.24, 2.45) is 0 Å². The topological polar surface area (TPSA) is 47.0 Å². The minimum absolute atomic E-state index is 0.740. The van der Waals surface area contributed by atoms with Crippen LogP contribution in [0.15, 0.2) is 18.2 Å². The summed E-state index contributed by atoms with van der Waals surface area (Å²) in [6.45, 7) is 6.74. The first kappa shape index (κ1) is 15.1. The van der Waals surface area contributed by atoms with Crippen LogP contribution in [-0.4, -0.2) is 37.0 Å². The summed E-state index contributed by atoms with van der Waals surface area (Å²) in [7, 11) is 1.71. The molecule has 20 heavy (non-hydrogen) atoms. The van der Waals surface area contributed by atoms with Gasteiger partial charge in [-0.15, -0.1) is 10.2 Å². The van der Waals surface area contributed by atoms with Gasteiger partial charge in [0.15, 0.2) is 0 Å². The lowest BCUT2D eigenvalue weighted by Gasteiger charge is -2.01. The number of rotatable bonds is 7. The molecule has 0 spiro atoms. The molecule has 5 heteroatoms. The number of hydrogen-bond donors (Lipinski definition) is 1. The number of hydrogen-bond acceptors (Lipinski definition) is 5. The van der Waals surface area contributed by atoms with Crippen LogP contribution in [0.3, 0.4) is 0 Å². The number of aryl methyl sites for hydroxylation is 2. The molecule has 1 N–H and O–H groups in total. The average Bonchev–Trinajstić information content (AvgIpc) is 2.86. The molecule has 0 aliphatic heterocycles. The van der Waals surface area contributed by atoms with Gasteiger partial charge in [0, 0.05) is 32.2 Å². The quantitative estimate of drug-likeness (QED) is 0.797. The van der Waals surface area contributed by atoms with E-state index in [-0.39, 0.29) is 0 Å². The van der Waals surface area contributed by atoms with Gasteiger partial charge >= 0.3 is 0 Å². The Labute approximate surface area is 124 Å². The number of nitrogens with zero attached hydrogens (tertiary/aromatic N) is 2. The first-order chi connectivity index (χ1) is 9.69. The summed E-state index contributed by atoms with van der Waals surface area (Å²) in [4.78, 5) is 0. The highest BCUT2D eigenvalue weighted by molar-refractivity contribution is 7.14. The molecule has 4 nitrogen and oxygen atoms in total. The fourth-order valence-electron chi connectivity index (χ4n) is 2.06. The Bertz CT molecular complexity index is 534. The highest BCUT2D eigenvalue weighted by Gasteiger charge is 2.07. The largest absolute Gasteiger partial charge is 0.383 e. The van der Waals surface area contributed by atoms with Crippen molar-refractivity contribution in [3.8, 4) is 10.6 Å². The van der Waals surface area contributed by atoms with E-state index in [1.165, 1.54) is 16.7 Å². The van der Waals surface area contributed by atoms with Crippen LogP contribution in [0.5, 0.6) is 0 Å². The second-order valence-electron chi connectivity index (χ2n) is 4.87. The summed E-state index contributed by atoms with van der Waals surface area (Å²) < 4.78 is 4.99. The van der Waals surface area contributed by atoms with Gasteiger partial charge < -0.3 is 10.1 Å². The van der Waals surface area contributed by atoms with Crippen molar-refractivity contribution in [1.82, 2.24) is 15.5 Å². The Morgan fingerprint density at radius 3 is 2.55 bits per heavy atom. The maximum atomic E-state index is 4.99. The van der Waals surface area contributed by atoms with Crippen molar-refractivity contribution in [2.45, 2.75) is 20.3 Å². The minimum atomic E-state index is 0.740. The summed E-state index contributed by atoms with van der Waals surface area (Å²) in [5.74, 6) is 0. The van der Waals surface area contributed by atoms with E-state index >= 15 is 0 Å². The van der Waals surface area contributed by atoms with E-state index in [1.54, 1.807) is 18.4 Å². The third-order valence-corrected chi connectivity index (χ3v) is 3.97. The lowest BCUT2D eigenvalue weighted by atomic mass is 10.1. The van der Waals surface area contributed by atoms with Gasteiger partial charge in [-0.3, -0.25) is 0 Å². The Morgan fingerprint density at radius 1 is 1.10 bits per heavy atom. The van der Waals surface area contributed by atoms with Gasteiger partial charge in [0.25, 0.3) is 0 Å². The molecule has 0 bridgehead atoms. The molecule has 1 aromatic heterocycles. The van der Waals surface area contributed by atoms with Gasteiger partial charge in [-0.25, -0.2) is 0 Å². The summed E-state index contributed by atoms with van der Waals surface area (Å²) in [5.41, 5.74) is 3.69. The first-order valence-corrected chi connectivity index (χ1v) is 7.61. The summed E-state index contributed by atoms with van der Waals surface area (Å²) in [5, 5.41) is 14.0. The predicted octanol–water partition coefficient (Wildman–Crippen LogP) is 2.60. The van der Waals surface area contributed by atoms with Gasteiger partial charge in [-0.1, -0.05) is 28.5 Å². The third kappa shape index (κ3) is 4.37. The van der Waals surface area contributed by atoms with Crippen LogP contribution >= 0.6 is 11.3 Å². The maximum absolute atomic E-state index is 4.99. The smallest absolute Gasteiger partial charge is 0.147 e. The van der Waals surface area contributed by atoms with Crippen LogP contribution < -0.4 is 5.32 Å². The average molecular weight is 291 g/mol. The second-order valence-corrected chi connectivity index (χ2v) is 5.93. The molecule has 0 aliphatic rings. The molecule has 0 aliphatic carbocycles. The molecular weight excluding hydrogens is 270 g/mol. The molecule has 108 valence electrons. The zero-order valence-corrected chi connectivity index (χ0v) is 13.1. The van der Waals surface area contributed by atoms with Gasteiger partial charge in [0.2, 0.25) is 0 Å². The van der Waals surface area contributed by atoms with Crippen LogP contribution in [0.1, 0.15) is 16.1 Å². The number of nitrogens with one attached hydrogen (secondary N) is 1. The Morgan fingerprint density at radius 2 is 1.85 bits per heavy atom. The Balaban J connectivity index is 1.94. The zero-order valence-electron chi connectivity index (χ0n) is 12.3. The van der Waals surface area contributed by atoms with Crippen molar-refractivity contribution in [3.05, 3.63) is 34.3 Å². The number of methoxy groups -OCH3 is 1. The fourth-order valence-corrected chi connectivity index (χ4v) is 2.89. The number of ether oxygens (including phenoxy) is 1. The lowest BCUT2D eigenvalue weighted by molar-refractivity contribution is 0.199. The minimum Gasteiger partial charge on any atom is -0.383 e. The van der Waals surface area contributed by atoms with E-state index in [2.05, 4.69) is 47.6 Å². The molecule has 0 radical (unpaired) electrons. The van der Waals surface area contributed by atoms with E-state index < -0.39 is 0 Å². The highest BCUT2D eigenvalue weighted by Crippen LogP contribution is 2.25. The third-order valence-electron chi connectivity index (χ3n) is 2.93. The van der Waals surface area contributed by atoms with Gasteiger partial charge in [-0.05, 0) is 26.0 Å². The molecule has 0 fully saturated rings. The fraction of sp³-hybridized carbons (Fsp3) is 0.467. The van der Waals surface area contributed by atoms with Crippen LogP contribution in [-0.2, 0) is 11.2 Å². The molecule has 0 atom stereocenters. The van der Waals surface area contributed by atoms with E-state index in [1.807, 2.05) is 0 Å². The van der Waals surface area contributed by atoms with Gasteiger partial charge in [0.1, 0.15) is 10.0 Å². The van der Waals surface area contributed by atoms with Crippen molar-refractivity contribution < 1.29 is 4.74 Å². The van der Waals surface area contributed by atoms with Crippen molar-refractivity contribution in [3.63, 3.8) is 0 Å². The maximum Gasteiger partial charge on any atom is 0.147 e. The SMILES string of the molecule is COCCNCCc1nnc(-c2cc(C)cc(C)c2)s1. The van der Waals surface area contributed by atoms with Crippen LogP contribution in [0.2, 0.25) is 0 Å². The van der Waals surface area contributed by atoms with Crippen LogP contribution in [0.4, 0.5) is 0 Å². The Kier molecular flexibility index (Phi) is 5.64. The van der Waals surface area contributed by atoms with Crippen molar-refractivity contribution in [2.75, 3.05) is 26.8 Å². The zero-order chi connectivity index (χ0) is 14.4. The molecule has 1 heterocycles. The highest BCUT2D eigenvalue weighted by atomic mass is 32.1. The van der Waals surface area contributed by atoms with Crippen molar-refractivity contribution in [1.29, 1.82) is 0 Å².